The molecule has 18 heavy (non-hydrogen) atoms. The number of nitrogens with one attached hydrogen (secondary N) is 1. The molecule has 1 aromatic heterocycles. The number of nitrogens with two attached hydrogens (primary N) is 1. The quantitative estimate of drug-likeness (QED) is 0.796. The molecule has 0 aliphatic carbocycles. The number of thiophene rings is 1. The highest BCUT2D eigenvalue weighted by Gasteiger charge is 2.33. The number of amides is 2. The zero-order chi connectivity index (χ0) is 13.8. The van der Waals surface area contributed by atoms with Gasteiger partial charge in [0.15, 0.2) is 0 Å². The molecule has 0 unspecified atom stereocenters. The molecule has 1 aromatic rings. The molecule has 100 valence electrons. The Labute approximate surface area is 110 Å². The van der Waals surface area contributed by atoms with Crippen molar-refractivity contribution in [3.63, 3.8) is 0 Å². The van der Waals surface area contributed by atoms with Gasteiger partial charge in [0.25, 0.3) is 0 Å². The van der Waals surface area contributed by atoms with E-state index in [9.17, 15) is 9.59 Å². The smallest absolute Gasteiger partial charge is 0.242 e. The summed E-state index contributed by atoms with van der Waals surface area (Å²) in [5.74, 6) is -0.849. The summed E-state index contributed by atoms with van der Waals surface area (Å²) in [6.07, 6.45) is 0. The lowest BCUT2D eigenvalue weighted by atomic mass is 9.90. The number of hydrogen-bond donors (Lipinski definition) is 2. The second-order valence-electron chi connectivity index (χ2n) is 4.49. The van der Waals surface area contributed by atoms with Crippen LogP contribution in [-0.4, -0.2) is 31.6 Å². The van der Waals surface area contributed by atoms with E-state index in [0.717, 1.165) is 4.88 Å². The summed E-state index contributed by atoms with van der Waals surface area (Å²) in [5, 5.41) is 4.52. The van der Waals surface area contributed by atoms with Gasteiger partial charge in [0.2, 0.25) is 11.8 Å². The highest BCUT2D eigenvalue weighted by atomic mass is 32.1. The van der Waals surface area contributed by atoms with Crippen LogP contribution in [0.1, 0.15) is 18.7 Å². The van der Waals surface area contributed by atoms with Crippen LogP contribution in [0, 0.1) is 0 Å². The van der Waals surface area contributed by atoms with Gasteiger partial charge in [0.1, 0.15) is 6.04 Å². The molecule has 3 N–H and O–H groups in total. The minimum absolute atomic E-state index is 0.0710. The van der Waals surface area contributed by atoms with E-state index in [1.165, 1.54) is 18.4 Å². The third-order valence-corrected chi connectivity index (χ3v) is 3.88. The fraction of sp³-hybridized carbons (Fsp3) is 0.500. The first-order valence-corrected chi connectivity index (χ1v) is 6.40. The molecular weight excluding hydrogens is 252 g/mol. The monoisotopic (exact) mass is 270 g/mol. The average molecular weight is 270 g/mol. The number of carbonyl (C=O) groups excluding carboxylic acids is 2. The van der Waals surface area contributed by atoms with Crippen molar-refractivity contribution in [3.8, 4) is 0 Å². The molecule has 0 saturated carbocycles. The van der Waals surface area contributed by atoms with E-state index in [2.05, 4.69) is 5.32 Å². The van der Waals surface area contributed by atoms with Gasteiger partial charge in [-0.05, 0) is 25.3 Å². The summed E-state index contributed by atoms with van der Waals surface area (Å²) in [4.78, 5) is 24.3. The fourth-order valence-electron chi connectivity index (χ4n) is 1.45. The van der Waals surface area contributed by atoms with E-state index in [1.807, 2.05) is 17.5 Å². The fourth-order valence-corrected chi connectivity index (χ4v) is 2.29. The van der Waals surface area contributed by atoms with Crippen LogP contribution in [0.4, 0.5) is 0 Å². The molecule has 6 heteroatoms. The highest BCUT2D eigenvalue weighted by Crippen LogP contribution is 2.27. The maximum atomic E-state index is 12.2. The van der Waals surface area contributed by atoms with Gasteiger partial charge >= 0.3 is 0 Å². The van der Waals surface area contributed by atoms with Crippen molar-refractivity contribution < 1.29 is 14.3 Å². The molecule has 2 amide bonds. The highest BCUT2D eigenvalue weighted by molar-refractivity contribution is 7.10. The minimum atomic E-state index is -0.804. The summed E-state index contributed by atoms with van der Waals surface area (Å²) in [5.41, 5.74) is 4.50. The van der Waals surface area contributed by atoms with Crippen LogP contribution in [0.25, 0.3) is 0 Å². The molecule has 0 aliphatic heterocycles. The van der Waals surface area contributed by atoms with Crippen molar-refractivity contribution in [3.05, 3.63) is 22.4 Å². The zero-order valence-corrected chi connectivity index (χ0v) is 11.5. The first kappa shape index (κ1) is 14.7. The second kappa shape index (κ2) is 5.97. The Balaban J connectivity index is 2.78. The van der Waals surface area contributed by atoms with Crippen LogP contribution in [0.15, 0.2) is 17.5 Å². The van der Waals surface area contributed by atoms with E-state index in [-0.39, 0.29) is 12.5 Å². The molecule has 0 saturated heterocycles. The predicted molar refractivity (Wildman–Crippen MR) is 70.3 cm³/mol. The summed E-state index contributed by atoms with van der Waals surface area (Å²) < 4.78 is 4.86. The third-order valence-electron chi connectivity index (χ3n) is 2.69. The van der Waals surface area contributed by atoms with Crippen molar-refractivity contribution in [1.82, 2.24) is 5.32 Å². The van der Waals surface area contributed by atoms with Crippen LogP contribution in [0.3, 0.4) is 0 Å². The van der Waals surface area contributed by atoms with Gasteiger partial charge in [-0.25, -0.2) is 0 Å². The van der Waals surface area contributed by atoms with Gasteiger partial charge < -0.3 is 15.8 Å². The van der Waals surface area contributed by atoms with Gasteiger partial charge in [-0.2, -0.15) is 0 Å². The van der Waals surface area contributed by atoms with E-state index in [0.29, 0.717) is 0 Å². The lowest BCUT2D eigenvalue weighted by Crippen LogP contribution is -2.52. The van der Waals surface area contributed by atoms with Crippen molar-refractivity contribution in [1.29, 1.82) is 0 Å². The Kier molecular flexibility index (Phi) is 4.86. The number of rotatable bonds is 6. The molecule has 0 spiro atoms. The number of hydrogen-bond acceptors (Lipinski definition) is 4. The van der Waals surface area contributed by atoms with E-state index >= 15 is 0 Å². The van der Waals surface area contributed by atoms with Gasteiger partial charge in [-0.3, -0.25) is 9.59 Å². The largest absolute Gasteiger partial charge is 0.382 e. The van der Waals surface area contributed by atoms with Crippen LogP contribution < -0.4 is 11.1 Å². The summed E-state index contributed by atoms with van der Waals surface area (Å²) >= 11 is 1.50. The van der Waals surface area contributed by atoms with Crippen molar-refractivity contribution in [2.75, 3.05) is 13.7 Å². The molecule has 0 fully saturated rings. The van der Waals surface area contributed by atoms with E-state index in [1.54, 1.807) is 13.8 Å². The third kappa shape index (κ3) is 3.30. The van der Waals surface area contributed by atoms with Gasteiger partial charge in [0.05, 0.1) is 12.0 Å². The minimum Gasteiger partial charge on any atom is -0.382 e. The Morgan fingerprint density at radius 3 is 2.67 bits per heavy atom. The predicted octanol–water partition coefficient (Wildman–Crippen LogP) is 0.642. The zero-order valence-electron chi connectivity index (χ0n) is 10.7. The van der Waals surface area contributed by atoms with Crippen LogP contribution in [0.5, 0.6) is 0 Å². The average Bonchev–Trinajstić information content (AvgIpc) is 2.81. The van der Waals surface area contributed by atoms with Crippen molar-refractivity contribution in [2.24, 2.45) is 5.73 Å². The Hall–Kier alpha value is -1.40. The van der Waals surface area contributed by atoms with Crippen LogP contribution in [-0.2, 0) is 19.7 Å². The Morgan fingerprint density at radius 2 is 2.22 bits per heavy atom. The lowest BCUT2D eigenvalue weighted by molar-refractivity contribution is -0.131. The molecular formula is C12H18N2O3S. The summed E-state index contributed by atoms with van der Waals surface area (Å²) in [6.45, 7) is 3.68. The molecule has 1 rings (SSSR count). The van der Waals surface area contributed by atoms with Crippen LogP contribution >= 0.6 is 11.3 Å². The Morgan fingerprint density at radius 1 is 1.56 bits per heavy atom. The first-order valence-electron chi connectivity index (χ1n) is 5.52. The topological polar surface area (TPSA) is 81.4 Å². The maximum Gasteiger partial charge on any atom is 0.242 e. The standard InChI is InChI=1S/C12H18N2O3S/c1-12(2,9-5-4-6-18-9)11(16)14-8(7-17-3)10(13)15/h4-6,8H,7H2,1-3H3,(H2,13,15)(H,14,16)/t8-/m1/s1. The Bertz CT molecular complexity index is 415. The number of carbonyl (C=O) groups is 2. The number of primary amides is 1. The van der Waals surface area contributed by atoms with E-state index < -0.39 is 17.4 Å². The number of methoxy groups -OCH3 is 1. The maximum absolute atomic E-state index is 12.2. The van der Waals surface area contributed by atoms with Crippen molar-refractivity contribution in [2.45, 2.75) is 25.3 Å². The molecule has 0 bridgehead atoms. The SMILES string of the molecule is COC[C@@H](NC(=O)C(C)(C)c1cccs1)C(N)=O. The molecule has 0 radical (unpaired) electrons. The van der Waals surface area contributed by atoms with Gasteiger partial charge in [0, 0.05) is 12.0 Å². The molecule has 1 atom stereocenters. The molecule has 1 heterocycles. The van der Waals surface area contributed by atoms with Crippen molar-refractivity contribution >= 4 is 23.2 Å². The van der Waals surface area contributed by atoms with E-state index in [4.69, 9.17) is 10.5 Å². The van der Waals surface area contributed by atoms with Gasteiger partial charge in [-0.1, -0.05) is 6.07 Å². The molecule has 5 nitrogen and oxygen atoms in total. The van der Waals surface area contributed by atoms with Gasteiger partial charge in [-0.15, -0.1) is 11.3 Å². The van der Waals surface area contributed by atoms with Crippen LogP contribution in [0.2, 0.25) is 0 Å². The first-order chi connectivity index (χ1) is 8.39. The normalized spacial score (nSPS) is 13.1. The second-order valence-corrected chi connectivity index (χ2v) is 5.43. The summed E-state index contributed by atoms with van der Waals surface area (Å²) in [7, 11) is 1.45. The molecule has 0 aliphatic rings. The molecule has 0 aromatic carbocycles. The number of ether oxygens (including phenoxy) is 1. The summed E-state index contributed by atoms with van der Waals surface area (Å²) in [6, 6.07) is 2.97. The lowest BCUT2D eigenvalue weighted by Gasteiger charge is -2.25.